The highest BCUT2D eigenvalue weighted by Crippen LogP contribution is 2.24. The summed E-state index contributed by atoms with van der Waals surface area (Å²) in [7, 11) is 0. The Kier molecular flexibility index (Phi) is 4.06. The predicted molar refractivity (Wildman–Crippen MR) is 81.3 cm³/mol. The minimum atomic E-state index is -0.0164. The molecule has 6 nitrogen and oxygen atoms in total. The van der Waals surface area contributed by atoms with Crippen LogP contribution in [0.25, 0.3) is 11.0 Å². The number of imidazole rings is 1. The van der Waals surface area contributed by atoms with E-state index in [0.29, 0.717) is 6.54 Å². The normalized spacial score (nSPS) is 17.1. The number of aromatic nitrogens is 2. The summed E-state index contributed by atoms with van der Waals surface area (Å²) in [6.45, 7) is 3.46. The number of piperidine rings is 1. The highest BCUT2D eigenvalue weighted by molar-refractivity contribution is 5.75. The first-order valence-corrected chi connectivity index (χ1v) is 7.38. The lowest BCUT2D eigenvalue weighted by Crippen LogP contribution is -2.40. The molecule has 1 aliphatic rings. The number of nitrogens with one attached hydrogen (secondary N) is 2. The molecule has 1 aromatic carbocycles. The molecule has 21 heavy (non-hydrogen) atoms. The number of rotatable bonds is 5. The lowest BCUT2D eigenvalue weighted by atomic mass is 10.0. The van der Waals surface area contributed by atoms with Gasteiger partial charge >= 0.3 is 5.69 Å². The third-order valence-electron chi connectivity index (χ3n) is 4.20. The molecule has 0 aliphatic carbocycles. The summed E-state index contributed by atoms with van der Waals surface area (Å²) in [4.78, 5) is 27.7. The molecule has 2 aromatic rings. The van der Waals surface area contributed by atoms with Gasteiger partial charge in [0.25, 0.3) is 0 Å². The zero-order valence-electron chi connectivity index (χ0n) is 11.9. The summed E-state index contributed by atoms with van der Waals surface area (Å²) < 4.78 is 1.90. The van der Waals surface area contributed by atoms with Crippen molar-refractivity contribution in [2.75, 3.05) is 26.2 Å². The summed E-state index contributed by atoms with van der Waals surface area (Å²) in [6, 6.07) is 8.09. The van der Waals surface area contributed by atoms with Crippen molar-refractivity contribution in [2.45, 2.75) is 18.9 Å². The number of H-pyrrole nitrogens is 1. The second-order valence-corrected chi connectivity index (χ2v) is 5.46. The number of fused-ring (bicyclic) bond motifs is 1. The van der Waals surface area contributed by atoms with Crippen LogP contribution in [0.4, 0.5) is 0 Å². The van der Waals surface area contributed by atoms with Gasteiger partial charge in [-0.1, -0.05) is 12.1 Å². The van der Waals surface area contributed by atoms with E-state index in [1.54, 1.807) is 0 Å². The first-order chi connectivity index (χ1) is 10.3. The number of carbonyl (C=O) groups excluding carboxylic acids is 1. The van der Waals surface area contributed by atoms with Crippen LogP contribution in [0.1, 0.15) is 18.9 Å². The number of nitrogens with zero attached hydrogens (tertiary/aromatic N) is 2. The lowest BCUT2D eigenvalue weighted by Gasteiger charge is -2.32. The van der Waals surface area contributed by atoms with E-state index in [9.17, 15) is 9.59 Å². The number of hydrogen-bond acceptors (Lipinski definition) is 3. The second-order valence-electron chi connectivity index (χ2n) is 5.46. The Morgan fingerprint density at radius 2 is 2.05 bits per heavy atom. The number of benzene rings is 1. The first kappa shape index (κ1) is 13.9. The van der Waals surface area contributed by atoms with E-state index in [2.05, 4.69) is 15.2 Å². The average molecular weight is 288 g/mol. The van der Waals surface area contributed by atoms with Gasteiger partial charge in [-0.05, 0) is 25.0 Å². The van der Waals surface area contributed by atoms with Gasteiger partial charge in [-0.15, -0.1) is 0 Å². The van der Waals surface area contributed by atoms with Crippen LogP contribution in [0.15, 0.2) is 29.1 Å². The van der Waals surface area contributed by atoms with Gasteiger partial charge < -0.3 is 15.2 Å². The zero-order chi connectivity index (χ0) is 14.7. The number of likely N-dealkylation sites (tertiary alicyclic amines) is 1. The quantitative estimate of drug-likeness (QED) is 0.629. The van der Waals surface area contributed by atoms with Gasteiger partial charge in [-0.25, -0.2) is 4.79 Å². The van der Waals surface area contributed by atoms with Gasteiger partial charge in [-0.3, -0.25) is 9.36 Å². The van der Waals surface area contributed by atoms with E-state index in [-0.39, 0.29) is 11.7 Å². The van der Waals surface area contributed by atoms with E-state index in [0.717, 1.165) is 49.9 Å². The second kappa shape index (κ2) is 6.13. The molecule has 0 spiro atoms. The minimum absolute atomic E-state index is 0.0164. The molecule has 0 unspecified atom stereocenters. The molecule has 0 bridgehead atoms. The summed E-state index contributed by atoms with van der Waals surface area (Å²) >= 11 is 0. The van der Waals surface area contributed by atoms with Crippen LogP contribution in [-0.4, -0.2) is 47.0 Å². The molecule has 0 radical (unpaired) electrons. The molecular weight excluding hydrogens is 268 g/mol. The maximum Gasteiger partial charge on any atom is 0.326 e. The van der Waals surface area contributed by atoms with Crippen LogP contribution in [0.3, 0.4) is 0 Å². The molecule has 2 N–H and O–H groups in total. The van der Waals surface area contributed by atoms with Gasteiger partial charge in [0.15, 0.2) is 0 Å². The molecule has 0 atom stereocenters. The Morgan fingerprint density at radius 1 is 1.29 bits per heavy atom. The number of hydrogen-bond donors (Lipinski definition) is 2. The van der Waals surface area contributed by atoms with Crippen molar-refractivity contribution in [2.24, 2.45) is 0 Å². The molecule has 2 heterocycles. The summed E-state index contributed by atoms with van der Waals surface area (Å²) in [6.07, 6.45) is 2.66. The Hall–Kier alpha value is -2.08. The van der Waals surface area contributed by atoms with Crippen molar-refractivity contribution in [1.82, 2.24) is 19.8 Å². The van der Waals surface area contributed by atoms with Crippen LogP contribution >= 0.6 is 0 Å². The average Bonchev–Trinajstić information content (AvgIpc) is 2.84. The van der Waals surface area contributed by atoms with Crippen LogP contribution in [0.5, 0.6) is 0 Å². The van der Waals surface area contributed by atoms with E-state index in [1.807, 2.05) is 28.8 Å². The van der Waals surface area contributed by atoms with Crippen molar-refractivity contribution >= 4 is 17.4 Å². The molecule has 1 aliphatic heterocycles. The highest BCUT2D eigenvalue weighted by atomic mass is 16.1. The number of carbonyl (C=O) groups is 1. The molecule has 1 saturated heterocycles. The standard InChI is InChI=1S/C15H20N4O2/c20-11-16-7-10-18-8-5-12(6-9-18)19-14-4-2-1-3-13(14)17-15(19)21/h1-4,11-12H,5-10H2,(H,16,20)(H,17,21). The number of amides is 1. The maximum absolute atomic E-state index is 12.2. The molecule has 3 rings (SSSR count). The zero-order valence-corrected chi connectivity index (χ0v) is 11.9. The molecule has 1 fully saturated rings. The molecule has 112 valence electrons. The SMILES string of the molecule is O=CNCCN1CCC(n2c(=O)[nH]c3ccccc32)CC1. The lowest BCUT2D eigenvalue weighted by molar-refractivity contribution is -0.109. The smallest absolute Gasteiger partial charge is 0.326 e. The topological polar surface area (TPSA) is 70.1 Å². The largest absolute Gasteiger partial charge is 0.357 e. The Morgan fingerprint density at radius 3 is 2.81 bits per heavy atom. The fraction of sp³-hybridized carbons (Fsp3) is 0.467. The summed E-state index contributed by atoms with van der Waals surface area (Å²) in [5, 5.41) is 2.69. The van der Waals surface area contributed by atoms with Crippen LogP contribution < -0.4 is 11.0 Å². The molecule has 1 amide bonds. The predicted octanol–water partition coefficient (Wildman–Crippen LogP) is 0.712. The summed E-state index contributed by atoms with van der Waals surface area (Å²) in [5.74, 6) is 0. The van der Waals surface area contributed by atoms with E-state index < -0.39 is 0 Å². The molecular formula is C15H20N4O2. The van der Waals surface area contributed by atoms with Gasteiger partial charge in [-0.2, -0.15) is 0 Å². The highest BCUT2D eigenvalue weighted by Gasteiger charge is 2.23. The van der Waals surface area contributed by atoms with Crippen LogP contribution in [0, 0.1) is 0 Å². The maximum atomic E-state index is 12.2. The Bertz CT molecular complexity index is 668. The fourth-order valence-corrected chi connectivity index (χ4v) is 3.12. The monoisotopic (exact) mass is 288 g/mol. The molecule has 6 heteroatoms. The third kappa shape index (κ3) is 2.85. The van der Waals surface area contributed by atoms with E-state index >= 15 is 0 Å². The van der Waals surface area contributed by atoms with Crippen LogP contribution in [-0.2, 0) is 4.79 Å². The number of para-hydroxylation sites is 2. The van der Waals surface area contributed by atoms with E-state index in [4.69, 9.17) is 0 Å². The molecule has 1 aromatic heterocycles. The number of aromatic amines is 1. The Labute approximate surface area is 122 Å². The van der Waals surface area contributed by atoms with Gasteiger partial charge in [0.05, 0.1) is 11.0 Å². The third-order valence-corrected chi connectivity index (χ3v) is 4.20. The minimum Gasteiger partial charge on any atom is -0.357 e. The summed E-state index contributed by atoms with van der Waals surface area (Å²) in [5.41, 5.74) is 1.88. The fourth-order valence-electron chi connectivity index (χ4n) is 3.12. The van der Waals surface area contributed by atoms with E-state index in [1.165, 1.54) is 0 Å². The van der Waals surface area contributed by atoms with Gasteiger partial charge in [0.2, 0.25) is 6.41 Å². The Balaban J connectivity index is 1.70. The van der Waals surface area contributed by atoms with Crippen molar-refractivity contribution in [3.63, 3.8) is 0 Å². The first-order valence-electron chi connectivity index (χ1n) is 7.38. The van der Waals surface area contributed by atoms with Crippen molar-refractivity contribution in [3.05, 3.63) is 34.7 Å². The van der Waals surface area contributed by atoms with Crippen LogP contribution in [0.2, 0.25) is 0 Å². The molecule has 0 saturated carbocycles. The van der Waals surface area contributed by atoms with Crippen molar-refractivity contribution in [1.29, 1.82) is 0 Å². The van der Waals surface area contributed by atoms with Crippen molar-refractivity contribution in [3.8, 4) is 0 Å². The van der Waals surface area contributed by atoms with Crippen molar-refractivity contribution < 1.29 is 4.79 Å². The van der Waals surface area contributed by atoms with Gasteiger partial charge in [0.1, 0.15) is 0 Å². The van der Waals surface area contributed by atoms with Gasteiger partial charge in [0, 0.05) is 32.2 Å².